The van der Waals surface area contributed by atoms with E-state index >= 15 is 0 Å². The van der Waals surface area contributed by atoms with E-state index in [0.29, 0.717) is 23.3 Å². The van der Waals surface area contributed by atoms with Gasteiger partial charge in [-0.15, -0.1) is 0 Å². The summed E-state index contributed by atoms with van der Waals surface area (Å²) < 4.78 is 4.87. The van der Waals surface area contributed by atoms with Crippen LogP contribution in [0.3, 0.4) is 0 Å². The van der Waals surface area contributed by atoms with Crippen LogP contribution in [0.15, 0.2) is 12.1 Å². The Morgan fingerprint density at radius 1 is 1.44 bits per heavy atom. The molecule has 0 atom stereocenters. The van der Waals surface area contributed by atoms with Gasteiger partial charge in [-0.2, -0.15) is 5.26 Å². The van der Waals surface area contributed by atoms with E-state index in [1.807, 2.05) is 13.0 Å². The summed E-state index contributed by atoms with van der Waals surface area (Å²) >= 11 is 0. The minimum Gasteiger partial charge on any atom is -0.466 e. The second kappa shape index (κ2) is 6.77. The minimum atomic E-state index is -0.382. The fourth-order valence-corrected chi connectivity index (χ4v) is 1.81. The third-order valence-corrected chi connectivity index (χ3v) is 2.73. The predicted molar refractivity (Wildman–Crippen MR) is 66.8 cm³/mol. The lowest BCUT2D eigenvalue weighted by Gasteiger charge is -2.11. The number of nitriles is 1. The van der Waals surface area contributed by atoms with Gasteiger partial charge in [-0.25, -0.2) is 0 Å². The van der Waals surface area contributed by atoms with E-state index in [9.17, 15) is 9.90 Å². The van der Waals surface area contributed by atoms with E-state index in [-0.39, 0.29) is 19.0 Å². The van der Waals surface area contributed by atoms with Gasteiger partial charge < -0.3 is 9.84 Å². The number of aryl methyl sites for hydroxylation is 1. The molecule has 4 heteroatoms. The van der Waals surface area contributed by atoms with Gasteiger partial charge in [0, 0.05) is 0 Å². The Kier molecular flexibility index (Phi) is 5.34. The molecule has 0 fully saturated rings. The highest BCUT2D eigenvalue weighted by Crippen LogP contribution is 2.19. The van der Waals surface area contributed by atoms with Crippen molar-refractivity contribution in [1.29, 1.82) is 5.26 Å². The van der Waals surface area contributed by atoms with Crippen LogP contribution < -0.4 is 0 Å². The maximum absolute atomic E-state index is 11.5. The number of rotatable bonds is 5. The smallest absolute Gasteiger partial charge is 0.310 e. The molecule has 18 heavy (non-hydrogen) atoms. The highest BCUT2D eigenvalue weighted by Gasteiger charge is 2.14. The Morgan fingerprint density at radius 2 is 2.17 bits per heavy atom. The first-order valence-electron chi connectivity index (χ1n) is 5.97. The molecular formula is C14H17NO3. The Hall–Kier alpha value is -1.86. The van der Waals surface area contributed by atoms with Crippen molar-refractivity contribution in [2.24, 2.45) is 0 Å². The molecule has 96 valence electrons. The first-order valence-corrected chi connectivity index (χ1v) is 5.97. The first-order chi connectivity index (χ1) is 8.65. The van der Waals surface area contributed by atoms with Crippen molar-refractivity contribution in [2.75, 3.05) is 6.61 Å². The van der Waals surface area contributed by atoms with E-state index < -0.39 is 0 Å². The summed E-state index contributed by atoms with van der Waals surface area (Å²) in [5.74, 6) is -0.382. The summed E-state index contributed by atoms with van der Waals surface area (Å²) in [6.07, 6.45) is 0.804. The quantitative estimate of drug-likeness (QED) is 0.804. The Labute approximate surface area is 107 Å². The van der Waals surface area contributed by atoms with Gasteiger partial charge in [0.1, 0.15) is 0 Å². The maximum Gasteiger partial charge on any atom is 0.310 e. The molecule has 0 saturated carbocycles. The van der Waals surface area contributed by atoms with E-state index in [2.05, 4.69) is 6.07 Å². The van der Waals surface area contributed by atoms with Crippen molar-refractivity contribution < 1.29 is 14.6 Å². The van der Waals surface area contributed by atoms with Gasteiger partial charge in [-0.05, 0) is 36.1 Å². The van der Waals surface area contributed by atoms with Gasteiger partial charge in [0.25, 0.3) is 0 Å². The molecule has 4 nitrogen and oxygen atoms in total. The Bertz CT molecular complexity index is 475. The topological polar surface area (TPSA) is 70.3 Å². The third kappa shape index (κ3) is 3.31. The molecule has 1 aromatic rings. The van der Waals surface area contributed by atoms with Gasteiger partial charge in [0.05, 0.1) is 31.3 Å². The summed E-state index contributed by atoms with van der Waals surface area (Å²) in [4.78, 5) is 11.5. The van der Waals surface area contributed by atoms with E-state index in [0.717, 1.165) is 12.0 Å². The molecule has 1 rings (SSSR count). The zero-order valence-corrected chi connectivity index (χ0v) is 10.7. The average Bonchev–Trinajstić information content (AvgIpc) is 2.39. The number of ether oxygens (including phenoxy) is 1. The van der Waals surface area contributed by atoms with E-state index in [4.69, 9.17) is 10.00 Å². The number of hydrogen-bond donors (Lipinski definition) is 1. The monoisotopic (exact) mass is 247 g/mol. The van der Waals surface area contributed by atoms with Crippen molar-refractivity contribution in [2.45, 2.75) is 33.3 Å². The van der Waals surface area contributed by atoms with E-state index in [1.165, 1.54) is 0 Å². The number of carbonyl (C=O) groups is 1. The third-order valence-electron chi connectivity index (χ3n) is 2.73. The zero-order valence-electron chi connectivity index (χ0n) is 10.7. The Balaban J connectivity index is 3.15. The van der Waals surface area contributed by atoms with Crippen LogP contribution in [-0.2, 0) is 29.0 Å². The molecule has 0 aliphatic heterocycles. The van der Waals surface area contributed by atoms with Crippen LogP contribution in [0.4, 0.5) is 0 Å². The number of aliphatic hydroxyl groups is 1. The van der Waals surface area contributed by atoms with Crippen LogP contribution in [0.5, 0.6) is 0 Å². The van der Waals surface area contributed by atoms with Crippen LogP contribution in [0, 0.1) is 11.3 Å². The van der Waals surface area contributed by atoms with Gasteiger partial charge in [0.15, 0.2) is 0 Å². The van der Waals surface area contributed by atoms with Crippen LogP contribution in [-0.4, -0.2) is 17.7 Å². The summed E-state index contributed by atoms with van der Waals surface area (Å²) in [7, 11) is 0. The summed E-state index contributed by atoms with van der Waals surface area (Å²) in [5.41, 5.74) is 2.60. The van der Waals surface area contributed by atoms with E-state index in [1.54, 1.807) is 13.0 Å². The van der Waals surface area contributed by atoms with Crippen LogP contribution in [0.25, 0.3) is 0 Å². The molecule has 0 heterocycles. The molecule has 1 N–H and O–H groups in total. The van der Waals surface area contributed by atoms with Gasteiger partial charge in [-0.1, -0.05) is 13.0 Å². The molecule has 0 unspecified atom stereocenters. The van der Waals surface area contributed by atoms with Crippen LogP contribution >= 0.6 is 0 Å². The number of nitrogens with zero attached hydrogens (tertiary/aromatic N) is 1. The fraction of sp³-hybridized carbons (Fsp3) is 0.429. The molecule has 0 aromatic heterocycles. The summed E-state index contributed by atoms with van der Waals surface area (Å²) in [5, 5.41) is 18.5. The molecule has 0 bridgehead atoms. The van der Waals surface area contributed by atoms with Crippen molar-refractivity contribution in [3.05, 3.63) is 34.4 Å². The summed E-state index contributed by atoms with van der Waals surface area (Å²) in [6, 6.07) is 5.66. The SMILES string of the molecule is CCOC(=O)Cc1c(C#N)cc(CC)cc1CO. The van der Waals surface area contributed by atoms with Crippen molar-refractivity contribution in [1.82, 2.24) is 0 Å². The number of benzene rings is 1. The summed E-state index contributed by atoms with van der Waals surface area (Å²) in [6.45, 7) is 3.83. The second-order valence-corrected chi connectivity index (χ2v) is 3.89. The van der Waals surface area contributed by atoms with Gasteiger partial charge in [-0.3, -0.25) is 4.79 Å². The first kappa shape index (κ1) is 14.2. The molecule has 0 spiro atoms. The van der Waals surface area contributed by atoms with Crippen LogP contribution in [0.1, 0.15) is 36.1 Å². The number of aliphatic hydroxyl groups excluding tert-OH is 1. The molecule has 0 saturated heterocycles. The molecule has 0 aliphatic rings. The van der Waals surface area contributed by atoms with Gasteiger partial charge >= 0.3 is 5.97 Å². The Morgan fingerprint density at radius 3 is 2.67 bits per heavy atom. The number of esters is 1. The average molecular weight is 247 g/mol. The highest BCUT2D eigenvalue weighted by atomic mass is 16.5. The molecule has 0 radical (unpaired) electrons. The predicted octanol–water partition coefficient (Wildman–Crippen LogP) is 1.72. The lowest BCUT2D eigenvalue weighted by atomic mass is 9.95. The zero-order chi connectivity index (χ0) is 13.5. The van der Waals surface area contributed by atoms with Crippen molar-refractivity contribution in [3.63, 3.8) is 0 Å². The molecule has 1 aromatic carbocycles. The maximum atomic E-state index is 11.5. The molecular weight excluding hydrogens is 230 g/mol. The number of hydrogen-bond acceptors (Lipinski definition) is 4. The van der Waals surface area contributed by atoms with Crippen molar-refractivity contribution >= 4 is 5.97 Å². The lowest BCUT2D eigenvalue weighted by molar-refractivity contribution is -0.142. The van der Waals surface area contributed by atoms with Crippen molar-refractivity contribution in [3.8, 4) is 6.07 Å². The van der Waals surface area contributed by atoms with Crippen LogP contribution in [0.2, 0.25) is 0 Å². The standard InChI is InChI=1S/C14H17NO3/c1-3-10-5-11(8-15)13(12(6-10)9-16)7-14(17)18-4-2/h5-6,16H,3-4,7,9H2,1-2H3. The second-order valence-electron chi connectivity index (χ2n) is 3.89. The number of carbonyl (C=O) groups excluding carboxylic acids is 1. The molecule has 0 amide bonds. The fourth-order valence-electron chi connectivity index (χ4n) is 1.81. The minimum absolute atomic E-state index is 0.0244. The lowest BCUT2D eigenvalue weighted by Crippen LogP contribution is -2.11. The largest absolute Gasteiger partial charge is 0.466 e. The van der Waals surface area contributed by atoms with Gasteiger partial charge in [0.2, 0.25) is 0 Å². The highest BCUT2D eigenvalue weighted by molar-refractivity contribution is 5.74. The normalized spacial score (nSPS) is 9.89. The molecule has 0 aliphatic carbocycles.